The summed E-state index contributed by atoms with van der Waals surface area (Å²) >= 11 is 0. The van der Waals surface area contributed by atoms with E-state index in [0.29, 0.717) is 0 Å². The van der Waals surface area contributed by atoms with Crippen molar-refractivity contribution in [2.45, 2.75) is 13.0 Å². The highest BCUT2D eigenvalue weighted by atomic mass is 16.3. The minimum atomic E-state index is -1.04. The summed E-state index contributed by atoms with van der Waals surface area (Å²) in [6.07, 6.45) is 0.475. The smallest absolute Gasteiger partial charge is 0.268 e. The van der Waals surface area contributed by atoms with Crippen molar-refractivity contribution < 1.29 is 9.90 Å². The van der Waals surface area contributed by atoms with Crippen LogP contribution < -0.4 is 5.43 Å². The van der Waals surface area contributed by atoms with Gasteiger partial charge < -0.3 is 5.11 Å². The van der Waals surface area contributed by atoms with Crippen LogP contribution in [0.25, 0.3) is 0 Å². The first-order valence-electron chi connectivity index (χ1n) is 4.26. The zero-order valence-electron chi connectivity index (χ0n) is 7.84. The molecule has 0 bridgehead atoms. The first kappa shape index (κ1) is 10.4. The third-order valence-electron chi connectivity index (χ3n) is 1.57. The normalized spacial score (nSPS) is 12.7. The number of amides is 1. The second-order valence-corrected chi connectivity index (χ2v) is 2.82. The van der Waals surface area contributed by atoms with Crippen molar-refractivity contribution in [1.29, 1.82) is 0 Å². The van der Waals surface area contributed by atoms with Gasteiger partial charge >= 0.3 is 0 Å². The highest BCUT2D eigenvalue weighted by molar-refractivity contribution is 5.83. The van der Waals surface area contributed by atoms with Crippen LogP contribution in [-0.2, 0) is 4.79 Å². The quantitative estimate of drug-likeness (QED) is 0.541. The summed E-state index contributed by atoms with van der Waals surface area (Å²) in [4.78, 5) is 10.9. The van der Waals surface area contributed by atoms with Crippen molar-refractivity contribution in [3.05, 3.63) is 35.9 Å². The van der Waals surface area contributed by atoms with Crippen molar-refractivity contribution in [2.75, 3.05) is 0 Å². The molecule has 0 fully saturated rings. The molecule has 0 aromatic heterocycles. The Morgan fingerprint density at radius 1 is 1.50 bits per heavy atom. The fourth-order valence-corrected chi connectivity index (χ4v) is 0.803. The second-order valence-electron chi connectivity index (χ2n) is 2.82. The highest BCUT2D eigenvalue weighted by Gasteiger charge is 2.05. The molecule has 2 N–H and O–H groups in total. The number of aliphatic hydroxyl groups is 1. The van der Waals surface area contributed by atoms with Crippen molar-refractivity contribution in [2.24, 2.45) is 5.10 Å². The van der Waals surface area contributed by atoms with Crippen molar-refractivity contribution in [3.8, 4) is 0 Å². The zero-order chi connectivity index (χ0) is 10.4. The third-order valence-corrected chi connectivity index (χ3v) is 1.57. The van der Waals surface area contributed by atoms with Crippen LogP contribution in [0.1, 0.15) is 12.5 Å². The number of hydrazone groups is 1. The van der Waals surface area contributed by atoms with E-state index in [1.54, 1.807) is 0 Å². The maximum absolute atomic E-state index is 10.9. The number of nitrogens with one attached hydrogen (secondary N) is 1. The Hall–Kier alpha value is -1.68. The molecule has 14 heavy (non-hydrogen) atoms. The summed E-state index contributed by atoms with van der Waals surface area (Å²) in [5, 5.41) is 12.5. The minimum absolute atomic E-state index is 0.516. The molecule has 0 aliphatic carbocycles. The fraction of sp³-hybridized carbons (Fsp3) is 0.200. The fourth-order valence-electron chi connectivity index (χ4n) is 0.803. The summed E-state index contributed by atoms with van der Waals surface area (Å²) in [5.41, 5.74) is 3.10. The molecule has 0 aliphatic rings. The Bertz CT molecular complexity index is 320. The van der Waals surface area contributed by atoms with E-state index in [2.05, 4.69) is 10.5 Å². The van der Waals surface area contributed by atoms with Crippen LogP contribution in [0.5, 0.6) is 0 Å². The molecule has 0 spiro atoms. The van der Waals surface area contributed by atoms with Gasteiger partial charge in [0.2, 0.25) is 0 Å². The molecule has 1 atom stereocenters. The maximum Gasteiger partial charge on any atom is 0.268 e. The number of benzene rings is 1. The lowest BCUT2D eigenvalue weighted by molar-refractivity contribution is -0.128. The number of hydrogen-bond acceptors (Lipinski definition) is 3. The Labute approximate surface area is 82.3 Å². The Morgan fingerprint density at radius 2 is 2.14 bits per heavy atom. The molecule has 0 aliphatic heterocycles. The first-order valence-corrected chi connectivity index (χ1v) is 4.26. The molecule has 0 heterocycles. The van der Waals surface area contributed by atoms with Crippen LogP contribution in [0.3, 0.4) is 0 Å². The van der Waals surface area contributed by atoms with Gasteiger partial charge in [0.05, 0.1) is 6.21 Å². The van der Waals surface area contributed by atoms with Gasteiger partial charge in [-0.05, 0) is 12.5 Å². The standard InChI is InChI=1S/C10H12N2O2/c1-8(13)10(14)12-11-7-9-5-3-2-4-6-9/h2-8,13H,1H3,(H,12,14)/b11-7+. The highest BCUT2D eigenvalue weighted by Crippen LogP contribution is 1.93. The average Bonchev–Trinajstić information content (AvgIpc) is 2.19. The first-order chi connectivity index (χ1) is 6.70. The zero-order valence-corrected chi connectivity index (χ0v) is 7.84. The summed E-state index contributed by atoms with van der Waals surface area (Å²) in [7, 11) is 0. The molecule has 74 valence electrons. The van der Waals surface area contributed by atoms with Gasteiger partial charge in [-0.3, -0.25) is 4.79 Å². The van der Waals surface area contributed by atoms with E-state index in [1.807, 2.05) is 30.3 Å². The van der Waals surface area contributed by atoms with E-state index >= 15 is 0 Å². The molecule has 4 heteroatoms. The largest absolute Gasteiger partial charge is 0.383 e. The van der Waals surface area contributed by atoms with Crippen LogP contribution in [0.2, 0.25) is 0 Å². The van der Waals surface area contributed by atoms with Crippen molar-refractivity contribution in [3.63, 3.8) is 0 Å². The van der Waals surface area contributed by atoms with E-state index in [0.717, 1.165) is 5.56 Å². The number of hydrogen-bond donors (Lipinski definition) is 2. The summed E-state index contributed by atoms with van der Waals surface area (Å²) in [5.74, 6) is -0.516. The lowest BCUT2D eigenvalue weighted by Gasteiger charge is -2.00. The van der Waals surface area contributed by atoms with Gasteiger partial charge in [-0.1, -0.05) is 30.3 Å². The molecule has 1 rings (SSSR count). The molecule has 1 aromatic carbocycles. The predicted molar refractivity (Wildman–Crippen MR) is 53.9 cm³/mol. The van der Waals surface area contributed by atoms with Gasteiger partial charge in [-0.2, -0.15) is 5.10 Å². The number of nitrogens with zero attached hydrogens (tertiary/aromatic N) is 1. The van der Waals surface area contributed by atoms with Crippen LogP contribution in [0.4, 0.5) is 0 Å². The maximum atomic E-state index is 10.9. The third kappa shape index (κ3) is 3.37. The van der Waals surface area contributed by atoms with E-state index in [4.69, 9.17) is 5.11 Å². The predicted octanol–water partition coefficient (Wildman–Crippen LogP) is 0.517. The minimum Gasteiger partial charge on any atom is -0.383 e. The number of carbonyl (C=O) groups is 1. The van der Waals surface area contributed by atoms with Crippen molar-refractivity contribution >= 4 is 12.1 Å². The van der Waals surface area contributed by atoms with Crippen molar-refractivity contribution in [1.82, 2.24) is 5.43 Å². The Kier molecular flexibility index (Phi) is 3.82. The van der Waals surface area contributed by atoms with Gasteiger partial charge in [0.1, 0.15) is 6.10 Å². The van der Waals surface area contributed by atoms with Crippen LogP contribution in [-0.4, -0.2) is 23.3 Å². The topological polar surface area (TPSA) is 61.7 Å². The molecule has 1 unspecified atom stereocenters. The Morgan fingerprint density at radius 3 is 2.71 bits per heavy atom. The molecule has 0 saturated carbocycles. The lowest BCUT2D eigenvalue weighted by atomic mass is 10.2. The van der Waals surface area contributed by atoms with Gasteiger partial charge in [-0.25, -0.2) is 5.43 Å². The van der Waals surface area contributed by atoms with Gasteiger partial charge in [-0.15, -0.1) is 0 Å². The van der Waals surface area contributed by atoms with Gasteiger partial charge in [0.25, 0.3) is 5.91 Å². The molecule has 0 radical (unpaired) electrons. The summed E-state index contributed by atoms with van der Waals surface area (Å²) in [6.45, 7) is 1.38. The second kappa shape index (κ2) is 5.14. The molecular formula is C10H12N2O2. The van der Waals surface area contributed by atoms with E-state index in [1.165, 1.54) is 13.1 Å². The Balaban J connectivity index is 2.46. The molecule has 1 amide bonds. The lowest BCUT2D eigenvalue weighted by Crippen LogP contribution is -2.28. The van der Waals surface area contributed by atoms with Crippen LogP contribution in [0, 0.1) is 0 Å². The average molecular weight is 192 g/mol. The summed E-state index contributed by atoms with van der Waals surface area (Å²) in [6, 6.07) is 9.36. The molecule has 0 saturated heterocycles. The molecule has 1 aromatic rings. The SMILES string of the molecule is CC(O)C(=O)N/N=C/c1ccccc1. The number of aliphatic hydroxyl groups excluding tert-OH is 1. The van der Waals surface area contributed by atoms with Crippen LogP contribution in [0.15, 0.2) is 35.4 Å². The van der Waals surface area contributed by atoms with E-state index in [9.17, 15) is 4.79 Å². The number of rotatable bonds is 3. The van der Waals surface area contributed by atoms with E-state index in [-0.39, 0.29) is 0 Å². The monoisotopic (exact) mass is 192 g/mol. The molecule has 4 nitrogen and oxygen atoms in total. The van der Waals surface area contributed by atoms with Gasteiger partial charge in [0.15, 0.2) is 0 Å². The summed E-state index contributed by atoms with van der Waals surface area (Å²) < 4.78 is 0. The van der Waals surface area contributed by atoms with Gasteiger partial charge in [0, 0.05) is 0 Å². The molecular weight excluding hydrogens is 180 g/mol. The van der Waals surface area contributed by atoms with Crippen LogP contribution >= 0.6 is 0 Å². The number of carbonyl (C=O) groups excluding carboxylic acids is 1. The van der Waals surface area contributed by atoms with E-state index < -0.39 is 12.0 Å².